The molecule has 13 heavy (non-hydrogen) atoms. The van der Waals surface area contributed by atoms with Gasteiger partial charge in [0.25, 0.3) is 0 Å². The minimum absolute atomic E-state index is 0.645. The van der Waals surface area contributed by atoms with E-state index in [-0.39, 0.29) is 0 Å². The van der Waals surface area contributed by atoms with Crippen LogP contribution in [-0.2, 0) is 6.42 Å². The predicted molar refractivity (Wildman–Crippen MR) is 60.7 cm³/mol. The van der Waals surface area contributed by atoms with Gasteiger partial charge in [-0.1, -0.05) is 39.7 Å². The van der Waals surface area contributed by atoms with Crippen LogP contribution >= 0.6 is 15.9 Å². The molecule has 0 fully saturated rings. The standard InChI is InChI=1S/C11H14BrN/c1-2-9(8-13)7-10-3-5-11(12)6-4-10/h2-6H,7-8,13H2,1H3/b9-2-. The van der Waals surface area contributed by atoms with E-state index in [2.05, 4.69) is 46.3 Å². The molecule has 0 atom stereocenters. The first-order valence-corrected chi connectivity index (χ1v) is 5.14. The molecule has 0 aliphatic rings. The molecule has 0 bridgehead atoms. The number of allylic oxidation sites excluding steroid dienone is 1. The monoisotopic (exact) mass is 239 g/mol. The van der Waals surface area contributed by atoms with Crippen LogP contribution in [0.3, 0.4) is 0 Å². The Morgan fingerprint density at radius 2 is 2.00 bits per heavy atom. The number of nitrogens with two attached hydrogens (primary N) is 1. The molecule has 1 aromatic rings. The van der Waals surface area contributed by atoms with Crippen molar-refractivity contribution in [3.63, 3.8) is 0 Å². The molecule has 1 nitrogen and oxygen atoms in total. The fourth-order valence-corrected chi connectivity index (χ4v) is 1.42. The minimum atomic E-state index is 0.645. The second-order valence-electron chi connectivity index (χ2n) is 2.95. The maximum atomic E-state index is 5.58. The second-order valence-corrected chi connectivity index (χ2v) is 3.87. The Bertz CT molecular complexity index is 287. The lowest BCUT2D eigenvalue weighted by atomic mass is 10.1. The van der Waals surface area contributed by atoms with Gasteiger partial charge >= 0.3 is 0 Å². The van der Waals surface area contributed by atoms with Crippen molar-refractivity contribution in [2.24, 2.45) is 5.73 Å². The van der Waals surface area contributed by atoms with Crippen molar-refractivity contribution in [3.05, 3.63) is 46.0 Å². The van der Waals surface area contributed by atoms with Crippen molar-refractivity contribution >= 4 is 15.9 Å². The Labute approximate surface area is 87.8 Å². The van der Waals surface area contributed by atoms with Gasteiger partial charge in [-0.3, -0.25) is 0 Å². The van der Waals surface area contributed by atoms with Crippen molar-refractivity contribution in [2.45, 2.75) is 13.3 Å². The molecule has 0 amide bonds. The van der Waals surface area contributed by atoms with Gasteiger partial charge in [0.05, 0.1) is 0 Å². The molecule has 0 aliphatic heterocycles. The van der Waals surface area contributed by atoms with Crippen molar-refractivity contribution in [1.82, 2.24) is 0 Å². The maximum Gasteiger partial charge on any atom is 0.0175 e. The summed E-state index contributed by atoms with van der Waals surface area (Å²) in [6.07, 6.45) is 3.04. The number of rotatable bonds is 3. The lowest BCUT2D eigenvalue weighted by Crippen LogP contribution is -2.05. The van der Waals surface area contributed by atoms with Crippen molar-refractivity contribution < 1.29 is 0 Å². The molecule has 2 N–H and O–H groups in total. The van der Waals surface area contributed by atoms with E-state index >= 15 is 0 Å². The average Bonchev–Trinajstić information content (AvgIpc) is 2.17. The zero-order valence-corrected chi connectivity index (χ0v) is 9.34. The molecule has 2 heteroatoms. The fourth-order valence-electron chi connectivity index (χ4n) is 1.16. The number of benzene rings is 1. The maximum absolute atomic E-state index is 5.58. The van der Waals surface area contributed by atoms with Crippen LogP contribution in [0.25, 0.3) is 0 Å². The Balaban J connectivity index is 2.69. The van der Waals surface area contributed by atoms with Gasteiger partial charge in [-0.25, -0.2) is 0 Å². The molecule has 0 saturated heterocycles. The molecule has 0 spiro atoms. The summed E-state index contributed by atoms with van der Waals surface area (Å²) in [6.45, 7) is 2.67. The van der Waals surface area contributed by atoms with Crippen LogP contribution in [0.4, 0.5) is 0 Å². The first kappa shape index (κ1) is 10.5. The number of hydrogen-bond acceptors (Lipinski definition) is 1. The highest BCUT2D eigenvalue weighted by Gasteiger charge is 1.96. The molecule has 0 heterocycles. The summed E-state index contributed by atoms with van der Waals surface area (Å²) in [5.74, 6) is 0. The normalized spacial score (nSPS) is 11.8. The number of hydrogen-bond donors (Lipinski definition) is 1. The Morgan fingerprint density at radius 1 is 1.38 bits per heavy atom. The lowest BCUT2D eigenvalue weighted by Gasteiger charge is -2.03. The van der Waals surface area contributed by atoms with Gasteiger partial charge in [-0.15, -0.1) is 0 Å². The third-order valence-corrected chi connectivity index (χ3v) is 2.54. The van der Waals surface area contributed by atoms with Crippen molar-refractivity contribution in [3.8, 4) is 0 Å². The van der Waals surface area contributed by atoms with E-state index in [0.29, 0.717) is 6.54 Å². The van der Waals surface area contributed by atoms with E-state index in [1.165, 1.54) is 11.1 Å². The molecule has 1 aromatic carbocycles. The Kier molecular flexibility index (Phi) is 4.19. The van der Waals surface area contributed by atoms with Crippen molar-refractivity contribution in [2.75, 3.05) is 6.54 Å². The molecule has 0 aliphatic carbocycles. The van der Waals surface area contributed by atoms with E-state index < -0.39 is 0 Å². The topological polar surface area (TPSA) is 26.0 Å². The smallest absolute Gasteiger partial charge is 0.0175 e. The SMILES string of the molecule is C/C=C(\CN)Cc1ccc(Br)cc1. The van der Waals surface area contributed by atoms with Gasteiger partial charge in [-0.2, -0.15) is 0 Å². The van der Waals surface area contributed by atoms with Gasteiger partial charge in [0.1, 0.15) is 0 Å². The first-order valence-electron chi connectivity index (χ1n) is 4.35. The summed E-state index contributed by atoms with van der Waals surface area (Å²) in [5.41, 5.74) is 8.17. The molecule has 0 radical (unpaired) electrons. The molecule has 0 unspecified atom stereocenters. The number of halogens is 1. The van der Waals surface area contributed by atoms with Crippen LogP contribution in [0.1, 0.15) is 12.5 Å². The molecule has 0 aromatic heterocycles. The van der Waals surface area contributed by atoms with Gasteiger partial charge in [0, 0.05) is 11.0 Å². The Hall–Kier alpha value is -0.600. The third kappa shape index (κ3) is 3.33. The first-order chi connectivity index (χ1) is 6.26. The lowest BCUT2D eigenvalue weighted by molar-refractivity contribution is 1.03. The highest BCUT2D eigenvalue weighted by atomic mass is 79.9. The molecular weight excluding hydrogens is 226 g/mol. The quantitative estimate of drug-likeness (QED) is 0.807. The van der Waals surface area contributed by atoms with E-state index in [9.17, 15) is 0 Å². The predicted octanol–water partition coefficient (Wildman–Crippen LogP) is 2.90. The highest BCUT2D eigenvalue weighted by molar-refractivity contribution is 9.10. The van der Waals surface area contributed by atoms with Gasteiger partial charge in [0.2, 0.25) is 0 Å². The van der Waals surface area contributed by atoms with Gasteiger partial charge in [0.15, 0.2) is 0 Å². The van der Waals surface area contributed by atoms with E-state index in [1.807, 2.05) is 6.92 Å². The molecule has 70 valence electrons. The van der Waals surface area contributed by atoms with Crippen molar-refractivity contribution in [1.29, 1.82) is 0 Å². The molecular formula is C11H14BrN. The average molecular weight is 240 g/mol. The fraction of sp³-hybridized carbons (Fsp3) is 0.273. The van der Waals surface area contributed by atoms with Crippen LogP contribution in [0.5, 0.6) is 0 Å². The van der Waals surface area contributed by atoms with Crippen LogP contribution in [0.2, 0.25) is 0 Å². The zero-order valence-electron chi connectivity index (χ0n) is 7.76. The van der Waals surface area contributed by atoms with E-state index in [1.54, 1.807) is 0 Å². The summed E-state index contributed by atoms with van der Waals surface area (Å²) in [4.78, 5) is 0. The summed E-state index contributed by atoms with van der Waals surface area (Å²) in [7, 11) is 0. The van der Waals surface area contributed by atoms with Crippen LogP contribution in [0.15, 0.2) is 40.4 Å². The molecule has 1 rings (SSSR count). The largest absolute Gasteiger partial charge is 0.327 e. The van der Waals surface area contributed by atoms with Crippen LogP contribution in [-0.4, -0.2) is 6.54 Å². The highest BCUT2D eigenvalue weighted by Crippen LogP contribution is 2.13. The molecule has 0 saturated carbocycles. The summed E-state index contributed by atoms with van der Waals surface area (Å²) in [6, 6.07) is 8.34. The van der Waals surface area contributed by atoms with Gasteiger partial charge < -0.3 is 5.73 Å². The van der Waals surface area contributed by atoms with Crippen LogP contribution in [0, 0.1) is 0 Å². The third-order valence-electron chi connectivity index (χ3n) is 2.01. The zero-order chi connectivity index (χ0) is 9.68. The van der Waals surface area contributed by atoms with E-state index in [4.69, 9.17) is 5.73 Å². The Morgan fingerprint density at radius 3 is 2.46 bits per heavy atom. The summed E-state index contributed by atoms with van der Waals surface area (Å²) < 4.78 is 1.12. The van der Waals surface area contributed by atoms with Gasteiger partial charge in [-0.05, 0) is 31.0 Å². The van der Waals surface area contributed by atoms with E-state index in [0.717, 1.165) is 10.9 Å². The second kappa shape index (κ2) is 5.20. The summed E-state index contributed by atoms with van der Waals surface area (Å²) >= 11 is 3.41. The minimum Gasteiger partial charge on any atom is -0.327 e. The summed E-state index contributed by atoms with van der Waals surface area (Å²) in [5, 5.41) is 0. The van der Waals surface area contributed by atoms with Crippen LogP contribution < -0.4 is 5.73 Å².